The number of benzene rings is 1. The molecule has 3 aromatic heterocycles. The quantitative estimate of drug-likeness (QED) is 0.369. The highest BCUT2D eigenvalue weighted by molar-refractivity contribution is 6.35. The molecular formula is C24H25Cl2N7O. The molecule has 1 aliphatic rings. The monoisotopic (exact) mass is 497 g/mol. The summed E-state index contributed by atoms with van der Waals surface area (Å²) < 4.78 is 6.16. The Balaban J connectivity index is 1.36. The highest BCUT2D eigenvalue weighted by Gasteiger charge is 2.39. The van der Waals surface area contributed by atoms with Gasteiger partial charge in [-0.2, -0.15) is 5.10 Å². The third-order valence-corrected chi connectivity index (χ3v) is 6.62. The maximum Gasteiger partial charge on any atom is 0.225 e. The van der Waals surface area contributed by atoms with Gasteiger partial charge in [-0.25, -0.2) is 9.97 Å². The topological polar surface area (TPSA) is 91.8 Å². The van der Waals surface area contributed by atoms with Crippen LogP contribution in [0.3, 0.4) is 0 Å². The average molecular weight is 498 g/mol. The summed E-state index contributed by atoms with van der Waals surface area (Å²) in [5.74, 6) is 1.40. The molecule has 4 aromatic rings. The molecule has 8 nitrogen and oxygen atoms in total. The first-order valence-electron chi connectivity index (χ1n) is 11.1. The molecule has 1 fully saturated rings. The molecule has 0 amide bonds. The smallest absolute Gasteiger partial charge is 0.225 e. The fourth-order valence-electron chi connectivity index (χ4n) is 4.44. The molecule has 0 radical (unpaired) electrons. The molecule has 4 heterocycles. The van der Waals surface area contributed by atoms with E-state index in [2.05, 4.69) is 49.2 Å². The third kappa shape index (κ3) is 4.29. The highest BCUT2D eigenvalue weighted by atomic mass is 35.5. The van der Waals surface area contributed by atoms with Gasteiger partial charge in [-0.05, 0) is 38.6 Å². The summed E-state index contributed by atoms with van der Waals surface area (Å²) in [6, 6.07) is 5.76. The van der Waals surface area contributed by atoms with E-state index in [0.29, 0.717) is 21.4 Å². The minimum Gasteiger partial charge on any atom is -0.486 e. The molecule has 1 aliphatic heterocycles. The average Bonchev–Trinajstić information content (AvgIpc) is 3.21. The van der Waals surface area contributed by atoms with Gasteiger partial charge in [0, 0.05) is 54.4 Å². The van der Waals surface area contributed by atoms with Crippen LogP contribution in [0.1, 0.15) is 32.4 Å². The third-order valence-electron chi connectivity index (χ3n) is 6.02. The van der Waals surface area contributed by atoms with Crippen LogP contribution < -0.4 is 15.0 Å². The first-order valence-corrected chi connectivity index (χ1v) is 11.9. The van der Waals surface area contributed by atoms with E-state index >= 15 is 0 Å². The summed E-state index contributed by atoms with van der Waals surface area (Å²) in [5, 5.41) is 12.9. The molecule has 10 heteroatoms. The summed E-state index contributed by atoms with van der Waals surface area (Å²) in [4.78, 5) is 15.3. The van der Waals surface area contributed by atoms with Crippen molar-refractivity contribution in [3.05, 3.63) is 58.6 Å². The molecule has 0 spiro atoms. The number of nitrogens with one attached hydrogen (secondary N) is 2. The summed E-state index contributed by atoms with van der Waals surface area (Å²) in [7, 11) is 0. The predicted molar refractivity (Wildman–Crippen MR) is 135 cm³/mol. The number of pyridine rings is 1. The highest BCUT2D eigenvalue weighted by Crippen LogP contribution is 2.35. The van der Waals surface area contributed by atoms with Crippen LogP contribution in [-0.4, -0.2) is 50.3 Å². The maximum absolute atomic E-state index is 6.29. The molecule has 0 aliphatic carbocycles. The maximum atomic E-state index is 6.29. The number of H-pyrrole nitrogens is 1. The number of likely N-dealkylation sites (N-methyl/N-ethyl adjacent to an activating group) is 1. The Morgan fingerprint density at radius 2 is 1.85 bits per heavy atom. The second-order valence-corrected chi connectivity index (χ2v) is 9.59. The number of rotatable bonds is 7. The summed E-state index contributed by atoms with van der Waals surface area (Å²) in [5.41, 5.74) is 3.30. The molecule has 34 heavy (non-hydrogen) atoms. The van der Waals surface area contributed by atoms with E-state index < -0.39 is 0 Å². The van der Waals surface area contributed by atoms with Crippen molar-refractivity contribution in [3.8, 4) is 17.0 Å². The SMILES string of the molecule is CCNC1(C)CN(c2ncc(-c3n[nH]c4ccc(O[C@H](C)c5c(Cl)cncc5Cl)cc34)cn2)C1. The van der Waals surface area contributed by atoms with Gasteiger partial charge in [-0.15, -0.1) is 0 Å². The van der Waals surface area contributed by atoms with Gasteiger partial charge in [0.15, 0.2) is 0 Å². The van der Waals surface area contributed by atoms with Gasteiger partial charge in [0.05, 0.1) is 21.1 Å². The lowest BCUT2D eigenvalue weighted by molar-refractivity contribution is 0.227. The Morgan fingerprint density at radius 1 is 1.15 bits per heavy atom. The minimum atomic E-state index is -0.358. The second-order valence-electron chi connectivity index (χ2n) is 8.78. The van der Waals surface area contributed by atoms with E-state index in [4.69, 9.17) is 27.9 Å². The summed E-state index contributed by atoms with van der Waals surface area (Å²) in [6.45, 7) is 8.95. The van der Waals surface area contributed by atoms with Crippen LogP contribution in [0.5, 0.6) is 5.75 Å². The zero-order valence-corrected chi connectivity index (χ0v) is 20.7. The lowest BCUT2D eigenvalue weighted by Gasteiger charge is -2.48. The Morgan fingerprint density at radius 3 is 2.53 bits per heavy atom. The van der Waals surface area contributed by atoms with Gasteiger partial charge >= 0.3 is 0 Å². The van der Waals surface area contributed by atoms with Crippen molar-refractivity contribution in [2.45, 2.75) is 32.4 Å². The number of fused-ring (bicyclic) bond motifs is 1. The Labute approximate surface area is 207 Å². The number of aromatic amines is 1. The molecule has 5 rings (SSSR count). The fraction of sp³-hybridized carbons (Fsp3) is 0.333. The van der Waals surface area contributed by atoms with Crippen molar-refractivity contribution in [1.29, 1.82) is 0 Å². The minimum absolute atomic E-state index is 0.118. The Hall–Kier alpha value is -2.94. The zero-order chi connectivity index (χ0) is 23.9. The number of hydrogen-bond donors (Lipinski definition) is 2. The molecule has 0 bridgehead atoms. The van der Waals surface area contributed by atoms with Gasteiger partial charge in [-0.3, -0.25) is 10.1 Å². The molecule has 1 saturated heterocycles. The molecule has 2 N–H and O–H groups in total. The summed E-state index contributed by atoms with van der Waals surface area (Å²) in [6.07, 6.45) is 6.39. The van der Waals surface area contributed by atoms with E-state index in [1.807, 2.05) is 37.5 Å². The molecule has 0 unspecified atom stereocenters. The number of anilines is 1. The standard InChI is InChI=1S/C24H25Cl2N7O/c1-4-30-24(3)12-33(13-24)23-28-8-15(9-29-23)22-17-7-16(5-6-20(17)31-32-22)34-14(2)21-18(25)10-27-11-19(21)26/h5-11,14,30H,4,12-13H2,1-3H3,(H,31,32)/t14-/m1/s1. The van der Waals surface area contributed by atoms with Crippen molar-refractivity contribution >= 4 is 40.1 Å². The molecule has 1 atom stereocenters. The Kier molecular flexibility index (Phi) is 6.06. The van der Waals surface area contributed by atoms with E-state index in [-0.39, 0.29) is 11.6 Å². The predicted octanol–water partition coefficient (Wildman–Crippen LogP) is 5.05. The van der Waals surface area contributed by atoms with E-state index in [9.17, 15) is 0 Å². The van der Waals surface area contributed by atoms with Crippen LogP contribution in [0.4, 0.5) is 5.95 Å². The summed E-state index contributed by atoms with van der Waals surface area (Å²) >= 11 is 12.6. The number of halogens is 2. The van der Waals surface area contributed by atoms with Gasteiger partial charge in [0.25, 0.3) is 0 Å². The van der Waals surface area contributed by atoms with Crippen LogP contribution in [0.25, 0.3) is 22.2 Å². The fourth-order valence-corrected chi connectivity index (χ4v) is 5.11. The lowest BCUT2D eigenvalue weighted by Crippen LogP contribution is -2.68. The van der Waals surface area contributed by atoms with Crippen molar-refractivity contribution in [2.24, 2.45) is 0 Å². The van der Waals surface area contributed by atoms with Crippen LogP contribution in [0, 0.1) is 0 Å². The van der Waals surface area contributed by atoms with Gasteiger partial charge in [0.1, 0.15) is 17.5 Å². The largest absolute Gasteiger partial charge is 0.486 e. The number of nitrogens with zero attached hydrogens (tertiary/aromatic N) is 5. The first kappa shape index (κ1) is 22.8. The second kappa shape index (κ2) is 9.02. The molecule has 0 saturated carbocycles. The zero-order valence-electron chi connectivity index (χ0n) is 19.1. The van der Waals surface area contributed by atoms with Crippen LogP contribution in [-0.2, 0) is 0 Å². The van der Waals surface area contributed by atoms with Crippen molar-refractivity contribution < 1.29 is 4.74 Å². The van der Waals surface area contributed by atoms with Crippen molar-refractivity contribution in [1.82, 2.24) is 30.5 Å². The molecule has 176 valence electrons. The van der Waals surface area contributed by atoms with Gasteiger partial charge < -0.3 is 15.0 Å². The first-order chi connectivity index (χ1) is 16.4. The van der Waals surface area contributed by atoms with Gasteiger partial charge in [0.2, 0.25) is 5.95 Å². The van der Waals surface area contributed by atoms with Crippen molar-refractivity contribution in [2.75, 3.05) is 24.5 Å². The normalized spacial score (nSPS) is 15.9. The molecular weight excluding hydrogens is 473 g/mol. The number of hydrogen-bond acceptors (Lipinski definition) is 7. The van der Waals surface area contributed by atoms with E-state index in [0.717, 1.165) is 47.7 Å². The van der Waals surface area contributed by atoms with E-state index in [1.54, 1.807) is 12.4 Å². The van der Waals surface area contributed by atoms with Crippen LogP contribution in [0.2, 0.25) is 10.0 Å². The van der Waals surface area contributed by atoms with Gasteiger partial charge in [-0.1, -0.05) is 30.1 Å². The van der Waals surface area contributed by atoms with Crippen LogP contribution >= 0.6 is 23.2 Å². The van der Waals surface area contributed by atoms with Crippen LogP contribution in [0.15, 0.2) is 43.0 Å². The number of aromatic nitrogens is 5. The number of ether oxygens (including phenoxy) is 1. The lowest BCUT2D eigenvalue weighted by atomic mass is 9.93. The Bertz CT molecular complexity index is 1300. The van der Waals surface area contributed by atoms with Crippen molar-refractivity contribution in [3.63, 3.8) is 0 Å². The molecule has 1 aromatic carbocycles. The van der Waals surface area contributed by atoms with E-state index in [1.165, 1.54) is 0 Å².